The summed E-state index contributed by atoms with van der Waals surface area (Å²) in [5, 5.41) is 2.71. The highest BCUT2D eigenvalue weighted by molar-refractivity contribution is 5.85. The third-order valence-corrected chi connectivity index (χ3v) is 3.00. The molecule has 1 fully saturated rings. The van der Waals surface area contributed by atoms with Gasteiger partial charge in [-0.1, -0.05) is 6.07 Å². The third kappa shape index (κ3) is 1.96. The van der Waals surface area contributed by atoms with Crippen molar-refractivity contribution >= 4 is 17.3 Å². The fourth-order valence-electron chi connectivity index (χ4n) is 2.22. The molecule has 4 nitrogen and oxygen atoms in total. The highest BCUT2D eigenvalue weighted by Crippen LogP contribution is 2.26. The van der Waals surface area contributed by atoms with Crippen LogP contribution in [-0.2, 0) is 4.79 Å². The Hall–Kier alpha value is -1.71. The summed E-state index contributed by atoms with van der Waals surface area (Å²) in [5.74, 6) is 0.0833. The zero-order valence-electron chi connectivity index (χ0n) is 9.44. The number of anilines is 2. The Morgan fingerprint density at radius 2 is 2.38 bits per heavy atom. The monoisotopic (exact) mass is 219 g/mol. The van der Waals surface area contributed by atoms with E-state index in [-0.39, 0.29) is 11.9 Å². The van der Waals surface area contributed by atoms with Gasteiger partial charge in [0.25, 0.3) is 0 Å². The Kier molecular flexibility index (Phi) is 2.99. The molecule has 1 heterocycles. The van der Waals surface area contributed by atoms with E-state index in [1.165, 1.54) is 0 Å². The van der Waals surface area contributed by atoms with Gasteiger partial charge in [0, 0.05) is 25.0 Å². The molecule has 1 aromatic carbocycles. The molecule has 1 atom stereocenters. The summed E-state index contributed by atoms with van der Waals surface area (Å²) in [6.07, 6.45) is 1.96. The molecule has 2 rings (SSSR count). The largest absolute Gasteiger partial charge is 0.399 e. The number of carbonyl (C=O) groups is 1. The van der Waals surface area contributed by atoms with Crippen LogP contribution in [0, 0.1) is 0 Å². The van der Waals surface area contributed by atoms with E-state index in [1.54, 1.807) is 7.05 Å². The second kappa shape index (κ2) is 4.43. The predicted molar refractivity (Wildman–Crippen MR) is 65.3 cm³/mol. The van der Waals surface area contributed by atoms with Crippen LogP contribution in [0.1, 0.15) is 12.8 Å². The smallest absolute Gasteiger partial charge is 0.242 e. The van der Waals surface area contributed by atoms with Crippen LogP contribution >= 0.6 is 0 Å². The van der Waals surface area contributed by atoms with Crippen LogP contribution in [0.4, 0.5) is 11.4 Å². The number of hydrogen-bond acceptors (Lipinski definition) is 3. The molecule has 1 saturated heterocycles. The van der Waals surface area contributed by atoms with Crippen LogP contribution in [0.5, 0.6) is 0 Å². The normalized spacial score (nSPS) is 19.8. The standard InChI is InChI=1S/C12H17N3O/c1-14-12(16)11-6-3-7-15(11)10-5-2-4-9(13)8-10/h2,4-5,8,11H,3,6-7,13H2,1H3,(H,14,16). The molecule has 16 heavy (non-hydrogen) atoms. The van der Waals surface area contributed by atoms with Gasteiger partial charge in [0.2, 0.25) is 5.91 Å². The lowest BCUT2D eigenvalue weighted by atomic mass is 10.2. The first kappa shape index (κ1) is 10.8. The number of rotatable bonds is 2. The van der Waals surface area contributed by atoms with Crippen molar-refractivity contribution in [2.75, 3.05) is 24.2 Å². The molecule has 0 saturated carbocycles. The summed E-state index contributed by atoms with van der Waals surface area (Å²) in [6, 6.07) is 7.64. The molecule has 0 aromatic heterocycles. The number of hydrogen-bond donors (Lipinski definition) is 2. The Morgan fingerprint density at radius 1 is 1.56 bits per heavy atom. The molecular weight excluding hydrogens is 202 g/mol. The lowest BCUT2D eigenvalue weighted by Gasteiger charge is -2.25. The molecule has 0 bridgehead atoms. The molecule has 1 unspecified atom stereocenters. The van der Waals surface area contributed by atoms with Gasteiger partial charge < -0.3 is 16.0 Å². The number of nitrogen functional groups attached to an aromatic ring is 1. The molecule has 1 aromatic rings. The average Bonchev–Trinajstić information content (AvgIpc) is 2.77. The van der Waals surface area contributed by atoms with Crippen LogP contribution < -0.4 is 16.0 Å². The number of likely N-dealkylation sites (N-methyl/N-ethyl adjacent to an activating group) is 1. The topological polar surface area (TPSA) is 58.4 Å². The summed E-state index contributed by atoms with van der Waals surface area (Å²) >= 11 is 0. The van der Waals surface area contributed by atoms with Crippen LogP contribution in [0.2, 0.25) is 0 Å². The summed E-state index contributed by atoms with van der Waals surface area (Å²) in [5.41, 5.74) is 7.52. The van der Waals surface area contributed by atoms with E-state index in [9.17, 15) is 4.79 Å². The number of nitrogens with one attached hydrogen (secondary N) is 1. The Labute approximate surface area is 95.4 Å². The van der Waals surface area contributed by atoms with Crippen molar-refractivity contribution in [2.45, 2.75) is 18.9 Å². The summed E-state index contributed by atoms with van der Waals surface area (Å²) < 4.78 is 0. The third-order valence-electron chi connectivity index (χ3n) is 3.00. The maximum absolute atomic E-state index is 11.7. The lowest BCUT2D eigenvalue weighted by Crippen LogP contribution is -2.41. The zero-order valence-corrected chi connectivity index (χ0v) is 9.44. The Morgan fingerprint density at radius 3 is 3.06 bits per heavy atom. The van der Waals surface area contributed by atoms with Gasteiger partial charge in [-0.25, -0.2) is 0 Å². The van der Waals surface area contributed by atoms with Crippen molar-refractivity contribution < 1.29 is 4.79 Å². The van der Waals surface area contributed by atoms with Gasteiger partial charge in [-0.05, 0) is 31.0 Å². The van der Waals surface area contributed by atoms with Crippen LogP contribution in [0.3, 0.4) is 0 Å². The Bertz CT molecular complexity index is 392. The van der Waals surface area contributed by atoms with Gasteiger partial charge in [-0.15, -0.1) is 0 Å². The van der Waals surface area contributed by atoms with Gasteiger partial charge in [-0.3, -0.25) is 4.79 Å². The molecular formula is C12H17N3O. The number of benzene rings is 1. The van der Waals surface area contributed by atoms with E-state index in [4.69, 9.17) is 5.73 Å². The molecule has 0 aliphatic carbocycles. The van der Waals surface area contributed by atoms with Gasteiger partial charge in [-0.2, -0.15) is 0 Å². The number of nitrogens with two attached hydrogens (primary N) is 1. The first-order chi connectivity index (χ1) is 7.72. The lowest BCUT2D eigenvalue weighted by molar-refractivity contribution is -0.121. The highest BCUT2D eigenvalue weighted by Gasteiger charge is 2.29. The summed E-state index contributed by atoms with van der Waals surface area (Å²) in [6.45, 7) is 0.918. The quantitative estimate of drug-likeness (QED) is 0.729. The molecule has 1 aliphatic heterocycles. The van der Waals surface area contributed by atoms with Crippen molar-refractivity contribution in [1.82, 2.24) is 5.32 Å². The van der Waals surface area contributed by atoms with Gasteiger partial charge in [0.1, 0.15) is 6.04 Å². The van der Waals surface area contributed by atoms with Crippen molar-refractivity contribution in [1.29, 1.82) is 0 Å². The van der Waals surface area contributed by atoms with Crippen molar-refractivity contribution in [2.24, 2.45) is 0 Å². The SMILES string of the molecule is CNC(=O)C1CCCN1c1cccc(N)c1. The maximum atomic E-state index is 11.7. The molecule has 1 aliphatic rings. The van der Waals surface area contributed by atoms with Gasteiger partial charge >= 0.3 is 0 Å². The zero-order chi connectivity index (χ0) is 11.5. The number of amides is 1. The Balaban J connectivity index is 2.23. The van der Waals surface area contributed by atoms with E-state index in [0.29, 0.717) is 0 Å². The molecule has 3 N–H and O–H groups in total. The fraction of sp³-hybridized carbons (Fsp3) is 0.417. The van der Waals surface area contributed by atoms with Gasteiger partial charge in [0.15, 0.2) is 0 Å². The first-order valence-corrected chi connectivity index (χ1v) is 5.56. The second-order valence-electron chi connectivity index (χ2n) is 4.06. The summed E-state index contributed by atoms with van der Waals surface area (Å²) in [4.78, 5) is 13.8. The summed E-state index contributed by atoms with van der Waals surface area (Å²) in [7, 11) is 1.68. The predicted octanol–water partition coefficient (Wildman–Crippen LogP) is 0.984. The van der Waals surface area contributed by atoms with Crippen LogP contribution in [0.15, 0.2) is 24.3 Å². The number of nitrogens with zero attached hydrogens (tertiary/aromatic N) is 1. The minimum Gasteiger partial charge on any atom is -0.399 e. The molecule has 86 valence electrons. The fourth-order valence-corrected chi connectivity index (χ4v) is 2.22. The average molecular weight is 219 g/mol. The first-order valence-electron chi connectivity index (χ1n) is 5.56. The van der Waals surface area contributed by atoms with Gasteiger partial charge in [0.05, 0.1) is 0 Å². The van der Waals surface area contributed by atoms with E-state index >= 15 is 0 Å². The van der Waals surface area contributed by atoms with Crippen molar-refractivity contribution in [3.63, 3.8) is 0 Å². The van der Waals surface area contributed by atoms with E-state index in [2.05, 4.69) is 10.2 Å². The second-order valence-corrected chi connectivity index (χ2v) is 4.06. The number of carbonyl (C=O) groups excluding carboxylic acids is 1. The molecule has 0 radical (unpaired) electrons. The molecule has 0 spiro atoms. The minimum atomic E-state index is -0.0493. The molecule has 4 heteroatoms. The van der Waals surface area contributed by atoms with Crippen LogP contribution in [-0.4, -0.2) is 25.5 Å². The minimum absolute atomic E-state index is 0.0493. The molecule has 1 amide bonds. The van der Waals surface area contributed by atoms with E-state index in [0.717, 1.165) is 30.8 Å². The van der Waals surface area contributed by atoms with Crippen molar-refractivity contribution in [3.8, 4) is 0 Å². The van der Waals surface area contributed by atoms with E-state index < -0.39 is 0 Å². The maximum Gasteiger partial charge on any atom is 0.242 e. The van der Waals surface area contributed by atoms with E-state index in [1.807, 2.05) is 24.3 Å². The van der Waals surface area contributed by atoms with Crippen molar-refractivity contribution in [3.05, 3.63) is 24.3 Å². The van der Waals surface area contributed by atoms with Crippen LogP contribution in [0.25, 0.3) is 0 Å². The highest BCUT2D eigenvalue weighted by atomic mass is 16.2.